The molecule has 0 aliphatic carbocycles. The van der Waals surface area contributed by atoms with Crippen molar-refractivity contribution in [3.05, 3.63) is 59.0 Å². The van der Waals surface area contributed by atoms with E-state index in [0.29, 0.717) is 13.2 Å². The molecule has 0 aliphatic heterocycles. The molecule has 21 heavy (non-hydrogen) atoms. The molecule has 4 nitrogen and oxygen atoms in total. The number of fused-ring (bicyclic) bond motifs is 1. The van der Waals surface area contributed by atoms with Gasteiger partial charge in [0.15, 0.2) is 5.65 Å². The molecule has 0 amide bonds. The van der Waals surface area contributed by atoms with Gasteiger partial charge < -0.3 is 9.30 Å². The first-order chi connectivity index (χ1) is 10.3. The van der Waals surface area contributed by atoms with Crippen LogP contribution in [0.4, 0.5) is 0 Å². The molecule has 0 atom stereocenters. The maximum Gasteiger partial charge on any atom is 0.160 e. The molecule has 0 aliphatic rings. The smallest absolute Gasteiger partial charge is 0.160 e. The highest BCUT2D eigenvalue weighted by molar-refractivity contribution is 6.30. The largest absolute Gasteiger partial charge is 0.384 e. The van der Waals surface area contributed by atoms with Crippen LogP contribution < -0.4 is 0 Å². The number of benzene rings is 1. The molecular formula is C16H16ClN3O. The minimum atomic E-state index is 0.638. The molecule has 2 heterocycles. The first kappa shape index (κ1) is 14.0. The number of hydrogen-bond donors (Lipinski definition) is 0. The SMILES string of the molecule is COCCc1nc2cccnc2n1Cc1cccc(Cl)c1. The third kappa shape index (κ3) is 3.06. The van der Waals surface area contributed by atoms with E-state index in [-0.39, 0.29) is 0 Å². The van der Waals surface area contributed by atoms with Crippen LogP contribution in [0.15, 0.2) is 42.6 Å². The molecule has 3 rings (SSSR count). The second-order valence-corrected chi connectivity index (χ2v) is 5.27. The van der Waals surface area contributed by atoms with Crippen molar-refractivity contribution in [2.75, 3.05) is 13.7 Å². The van der Waals surface area contributed by atoms with Gasteiger partial charge in [0.25, 0.3) is 0 Å². The van der Waals surface area contributed by atoms with Crippen molar-refractivity contribution in [1.29, 1.82) is 0 Å². The Balaban J connectivity index is 2.02. The predicted octanol–water partition coefficient (Wildman–Crippen LogP) is 3.32. The number of nitrogens with zero attached hydrogens (tertiary/aromatic N) is 3. The summed E-state index contributed by atoms with van der Waals surface area (Å²) in [4.78, 5) is 9.11. The summed E-state index contributed by atoms with van der Waals surface area (Å²) in [5.74, 6) is 0.977. The molecule has 0 radical (unpaired) electrons. The van der Waals surface area contributed by atoms with Crippen LogP contribution in [0.2, 0.25) is 5.02 Å². The van der Waals surface area contributed by atoms with Gasteiger partial charge in [0.1, 0.15) is 11.3 Å². The maximum absolute atomic E-state index is 6.07. The van der Waals surface area contributed by atoms with Crippen LogP contribution in [-0.4, -0.2) is 28.3 Å². The van der Waals surface area contributed by atoms with Gasteiger partial charge in [-0.1, -0.05) is 23.7 Å². The van der Waals surface area contributed by atoms with E-state index in [0.717, 1.165) is 34.0 Å². The van der Waals surface area contributed by atoms with E-state index in [1.807, 2.05) is 30.3 Å². The number of rotatable bonds is 5. The summed E-state index contributed by atoms with van der Waals surface area (Å²) in [6.45, 7) is 1.34. The Kier molecular flexibility index (Phi) is 4.18. The number of pyridine rings is 1. The molecule has 1 aromatic carbocycles. The number of methoxy groups -OCH3 is 1. The fourth-order valence-electron chi connectivity index (χ4n) is 2.37. The zero-order valence-electron chi connectivity index (χ0n) is 11.8. The maximum atomic E-state index is 6.07. The summed E-state index contributed by atoms with van der Waals surface area (Å²) in [5.41, 5.74) is 2.93. The van der Waals surface area contributed by atoms with Gasteiger partial charge in [0.05, 0.1) is 13.2 Å². The van der Waals surface area contributed by atoms with Crippen molar-refractivity contribution >= 4 is 22.8 Å². The van der Waals surface area contributed by atoms with Crippen LogP contribution in [0, 0.1) is 0 Å². The minimum Gasteiger partial charge on any atom is -0.384 e. The van der Waals surface area contributed by atoms with Crippen LogP contribution >= 0.6 is 11.6 Å². The summed E-state index contributed by atoms with van der Waals surface area (Å²) in [6, 6.07) is 11.7. The summed E-state index contributed by atoms with van der Waals surface area (Å²) < 4.78 is 7.30. The molecule has 0 unspecified atom stereocenters. The Bertz CT molecular complexity index is 754. The van der Waals surface area contributed by atoms with E-state index in [4.69, 9.17) is 16.3 Å². The van der Waals surface area contributed by atoms with Gasteiger partial charge in [-0.3, -0.25) is 0 Å². The zero-order valence-corrected chi connectivity index (χ0v) is 12.5. The second kappa shape index (κ2) is 6.24. The number of halogens is 1. The van der Waals surface area contributed by atoms with E-state index in [2.05, 4.69) is 20.6 Å². The van der Waals surface area contributed by atoms with Gasteiger partial charge in [0, 0.05) is 24.8 Å². The predicted molar refractivity (Wildman–Crippen MR) is 83.7 cm³/mol. The Morgan fingerprint density at radius 1 is 1.24 bits per heavy atom. The van der Waals surface area contributed by atoms with Crippen LogP contribution in [0.25, 0.3) is 11.2 Å². The fourth-order valence-corrected chi connectivity index (χ4v) is 2.59. The normalized spacial score (nSPS) is 11.1. The molecule has 2 aromatic heterocycles. The average molecular weight is 302 g/mol. The van der Waals surface area contributed by atoms with E-state index in [9.17, 15) is 0 Å². The van der Waals surface area contributed by atoms with Crippen molar-refractivity contribution in [2.24, 2.45) is 0 Å². The molecule has 0 saturated carbocycles. The number of ether oxygens (including phenoxy) is 1. The van der Waals surface area contributed by atoms with E-state index in [1.165, 1.54) is 0 Å². The van der Waals surface area contributed by atoms with E-state index >= 15 is 0 Å². The first-order valence-corrected chi connectivity index (χ1v) is 7.19. The average Bonchev–Trinajstić information content (AvgIpc) is 2.83. The quantitative estimate of drug-likeness (QED) is 0.726. The lowest BCUT2D eigenvalue weighted by Gasteiger charge is -2.09. The first-order valence-electron chi connectivity index (χ1n) is 6.81. The Morgan fingerprint density at radius 2 is 2.14 bits per heavy atom. The molecule has 5 heteroatoms. The van der Waals surface area contributed by atoms with E-state index < -0.39 is 0 Å². The lowest BCUT2D eigenvalue weighted by Crippen LogP contribution is -2.08. The lowest BCUT2D eigenvalue weighted by atomic mass is 10.2. The Morgan fingerprint density at radius 3 is 2.95 bits per heavy atom. The number of hydrogen-bond acceptors (Lipinski definition) is 3. The molecule has 0 N–H and O–H groups in total. The molecule has 0 spiro atoms. The van der Waals surface area contributed by atoms with Crippen molar-refractivity contribution in [3.8, 4) is 0 Å². The molecule has 0 bridgehead atoms. The second-order valence-electron chi connectivity index (χ2n) is 4.83. The minimum absolute atomic E-state index is 0.638. The highest BCUT2D eigenvalue weighted by Gasteiger charge is 2.11. The van der Waals surface area contributed by atoms with Gasteiger partial charge in [0.2, 0.25) is 0 Å². The molecular weight excluding hydrogens is 286 g/mol. The van der Waals surface area contributed by atoms with Gasteiger partial charge in [-0.25, -0.2) is 9.97 Å². The van der Waals surface area contributed by atoms with Gasteiger partial charge >= 0.3 is 0 Å². The lowest BCUT2D eigenvalue weighted by molar-refractivity contribution is 0.200. The van der Waals surface area contributed by atoms with Gasteiger partial charge in [-0.2, -0.15) is 0 Å². The van der Waals surface area contributed by atoms with Crippen LogP contribution in [0.3, 0.4) is 0 Å². The summed E-state index contributed by atoms with van der Waals surface area (Å²) in [7, 11) is 1.70. The van der Waals surface area contributed by atoms with E-state index in [1.54, 1.807) is 13.3 Å². The Hall–Kier alpha value is -1.91. The highest BCUT2D eigenvalue weighted by Crippen LogP contribution is 2.18. The topological polar surface area (TPSA) is 39.9 Å². The van der Waals surface area contributed by atoms with Crippen molar-refractivity contribution < 1.29 is 4.74 Å². The van der Waals surface area contributed by atoms with Crippen molar-refractivity contribution in [1.82, 2.24) is 14.5 Å². The molecule has 0 saturated heterocycles. The summed E-state index contributed by atoms with van der Waals surface area (Å²) in [5, 5.41) is 0.739. The molecule has 108 valence electrons. The van der Waals surface area contributed by atoms with Crippen LogP contribution in [0.5, 0.6) is 0 Å². The van der Waals surface area contributed by atoms with Gasteiger partial charge in [-0.05, 0) is 29.8 Å². The summed E-state index contributed by atoms with van der Waals surface area (Å²) in [6.07, 6.45) is 2.55. The number of aromatic nitrogens is 3. The molecule has 3 aromatic rings. The van der Waals surface area contributed by atoms with Crippen LogP contribution in [-0.2, 0) is 17.7 Å². The standard InChI is InChI=1S/C16H16ClN3O/c1-21-9-7-15-19-14-6-3-8-18-16(14)20(15)11-12-4-2-5-13(17)10-12/h2-6,8,10H,7,9,11H2,1H3. The van der Waals surface area contributed by atoms with Crippen molar-refractivity contribution in [3.63, 3.8) is 0 Å². The zero-order chi connectivity index (χ0) is 14.7. The molecule has 0 fully saturated rings. The Labute approximate surface area is 128 Å². The highest BCUT2D eigenvalue weighted by atomic mass is 35.5. The fraction of sp³-hybridized carbons (Fsp3) is 0.250. The van der Waals surface area contributed by atoms with Crippen LogP contribution in [0.1, 0.15) is 11.4 Å². The summed E-state index contributed by atoms with van der Waals surface area (Å²) >= 11 is 6.07. The third-order valence-electron chi connectivity index (χ3n) is 3.34. The van der Waals surface area contributed by atoms with Crippen molar-refractivity contribution in [2.45, 2.75) is 13.0 Å². The monoisotopic (exact) mass is 301 g/mol. The number of imidazole rings is 1. The van der Waals surface area contributed by atoms with Gasteiger partial charge in [-0.15, -0.1) is 0 Å². The third-order valence-corrected chi connectivity index (χ3v) is 3.58.